The topological polar surface area (TPSA) is 146 Å². The van der Waals surface area contributed by atoms with E-state index in [9.17, 15) is 13.2 Å². The Bertz CT molecular complexity index is 1190. The van der Waals surface area contributed by atoms with E-state index in [-0.39, 0.29) is 21.7 Å². The Kier molecular flexibility index (Phi) is 4.97. The SMILES string of the molecule is NC(=O)c1nnn(C(C2CC(S)CN2)S(=O)(=O)c2ccc3ccccc3c2)c1N. The van der Waals surface area contributed by atoms with E-state index in [1.165, 1.54) is 0 Å². The number of nitrogen functional groups attached to an aromatic ring is 1. The van der Waals surface area contributed by atoms with Crippen molar-refractivity contribution in [2.45, 2.75) is 28.0 Å². The number of primary amides is 1. The van der Waals surface area contributed by atoms with Gasteiger partial charge in [-0.1, -0.05) is 35.5 Å². The third-order valence-electron chi connectivity index (χ3n) is 5.06. The van der Waals surface area contributed by atoms with Crippen LogP contribution in [0, 0.1) is 0 Å². The van der Waals surface area contributed by atoms with Crippen molar-refractivity contribution in [3.05, 3.63) is 48.2 Å². The number of nitrogens with two attached hydrogens (primary N) is 2. The maximum atomic E-state index is 13.7. The zero-order valence-corrected chi connectivity index (χ0v) is 17.0. The summed E-state index contributed by atoms with van der Waals surface area (Å²) < 4.78 is 28.4. The summed E-state index contributed by atoms with van der Waals surface area (Å²) in [5, 5.41) is 11.2. The number of anilines is 1. The Morgan fingerprint density at radius 1 is 1.24 bits per heavy atom. The van der Waals surface area contributed by atoms with E-state index in [2.05, 4.69) is 28.3 Å². The van der Waals surface area contributed by atoms with Crippen LogP contribution in [-0.2, 0) is 9.84 Å². The van der Waals surface area contributed by atoms with Crippen LogP contribution >= 0.6 is 12.6 Å². The summed E-state index contributed by atoms with van der Waals surface area (Å²) >= 11 is 4.45. The normalized spacial score (nSPS) is 20.7. The second kappa shape index (κ2) is 7.32. The Morgan fingerprint density at radius 3 is 2.59 bits per heavy atom. The lowest BCUT2D eigenvalue weighted by molar-refractivity contribution is 0.0996. The summed E-state index contributed by atoms with van der Waals surface area (Å²) in [7, 11) is -3.96. The van der Waals surface area contributed by atoms with E-state index in [1.54, 1.807) is 18.2 Å². The average molecular weight is 433 g/mol. The number of hydrogen-bond acceptors (Lipinski definition) is 8. The second-order valence-electron chi connectivity index (χ2n) is 6.98. The fourth-order valence-electron chi connectivity index (χ4n) is 3.63. The molecular weight excluding hydrogens is 412 g/mol. The van der Waals surface area contributed by atoms with Gasteiger partial charge in [-0.15, -0.1) is 5.10 Å². The van der Waals surface area contributed by atoms with Crippen LogP contribution in [0.25, 0.3) is 10.8 Å². The van der Waals surface area contributed by atoms with Crippen molar-refractivity contribution in [2.75, 3.05) is 12.3 Å². The highest BCUT2D eigenvalue weighted by Crippen LogP contribution is 2.34. The molecule has 2 aromatic carbocycles. The van der Waals surface area contributed by atoms with Gasteiger partial charge in [-0.3, -0.25) is 4.79 Å². The highest BCUT2D eigenvalue weighted by atomic mass is 32.2. The van der Waals surface area contributed by atoms with Crippen LogP contribution in [-0.4, -0.2) is 47.2 Å². The van der Waals surface area contributed by atoms with Gasteiger partial charge in [0.15, 0.2) is 16.9 Å². The van der Waals surface area contributed by atoms with E-state index in [1.807, 2.05) is 24.3 Å². The molecule has 0 bridgehead atoms. The molecule has 3 atom stereocenters. The molecule has 11 heteroatoms. The number of thiol groups is 1. The quantitative estimate of drug-likeness (QED) is 0.435. The summed E-state index contributed by atoms with van der Waals surface area (Å²) in [5.41, 5.74) is 11.0. The molecule has 1 fully saturated rings. The molecule has 3 unspecified atom stereocenters. The molecule has 29 heavy (non-hydrogen) atoms. The van der Waals surface area contributed by atoms with Crippen molar-refractivity contribution in [1.29, 1.82) is 0 Å². The molecule has 0 aliphatic carbocycles. The first-order valence-electron chi connectivity index (χ1n) is 8.93. The van der Waals surface area contributed by atoms with Crippen molar-refractivity contribution in [3.8, 4) is 0 Å². The largest absolute Gasteiger partial charge is 0.382 e. The first-order chi connectivity index (χ1) is 13.8. The predicted octanol–water partition coefficient (Wildman–Crippen LogP) is 0.745. The molecule has 1 saturated heterocycles. The standard InChI is InChI=1S/C18H20N6O3S2/c19-16-15(17(20)25)22-23-24(16)18(14-8-12(28)9-21-14)29(26,27)13-6-5-10-3-1-2-4-11(10)7-13/h1-7,12,14,18,21,28H,8-9,19H2,(H2,20,25). The molecular formula is C18H20N6O3S2. The number of carbonyl (C=O) groups is 1. The van der Waals surface area contributed by atoms with Gasteiger partial charge in [-0.2, -0.15) is 12.6 Å². The van der Waals surface area contributed by atoms with E-state index in [0.29, 0.717) is 13.0 Å². The van der Waals surface area contributed by atoms with Crippen molar-refractivity contribution in [2.24, 2.45) is 5.73 Å². The number of sulfone groups is 1. The first kappa shape index (κ1) is 19.7. The monoisotopic (exact) mass is 432 g/mol. The van der Waals surface area contributed by atoms with Crippen LogP contribution in [0.15, 0.2) is 47.4 Å². The number of amides is 1. The molecule has 0 spiro atoms. The van der Waals surface area contributed by atoms with Crippen LogP contribution in [0.4, 0.5) is 5.82 Å². The molecule has 0 radical (unpaired) electrons. The van der Waals surface area contributed by atoms with Crippen LogP contribution in [0.5, 0.6) is 0 Å². The smallest absolute Gasteiger partial charge is 0.273 e. The molecule has 1 amide bonds. The Labute approximate surface area is 172 Å². The van der Waals surface area contributed by atoms with E-state index in [4.69, 9.17) is 11.5 Å². The summed E-state index contributed by atoms with van der Waals surface area (Å²) in [6, 6.07) is 11.9. The molecule has 9 nitrogen and oxygen atoms in total. The molecule has 0 saturated carbocycles. The fourth-order valence-corrected chi connectivity index (χ4v) is 5.85. The third kappa shape index (κ3) is 3.45. The number of hydrogen-bond donors (Lipinski definition) is 4. The zero-order chi connectivity index (χ0) is 20.8. The van der Waals surface area contributed by atoms with Crippen LogP contribution in [0.1, 0.15) is 22.3 Å². The third-order valence-corrected chi connectivity index (χ3v) is 7.53. The van der Waals surface area contributed by atoms with E-state index in [0.717, 1.165) is 15.5 Å². The number of fused-ring (bicyclic) bond motifs is 1. The maximum absolute atomic E-state index is 13.7. The first-order valence-corrected chi connectivity index (χ1v) is 11.0. The number of carbonyl (C=O) groups excluding carboxylic acids is 1. The molecule has 5 N–H and O–H groups in total. The number of aromatic nitrogens is 3. The summed E-state index contributed by atoms with van der Waals surface area (Å²) in [5.74, 6) is -1.06. The van der Waals surface area contributed by atoms with Crippen molar-refractivity contribution >= 4 is 45.0 Å². The predicted molar refractivity (Wildman–Crippen MR) is 112 cm³/mol. The van der Waals surface area contributed by atoms with Gasteiger partial charge in [0.2, 0.25) is 9.84 Å². The van der Waals surface area contributed by atoms with Crippen molar-refractivity contribution in [1.82, 2.24) is 20.3 Å². The van der Waals surface area contributed by atoms with Gasteiger partial charge >= 0.3 is 0 Å². The minimum atomic E-state index is -3.96. The zero-order valence-electron chi connectivity index (χ0n) is 15.3. The van der Waals surface area contributed by atoms with Gasteiger partial charge in [0.05, 0.1) is 4.90 Å². The summed E-state index contributed by atoms with van der Waals surface area (Å²) in [4.78, 5) is 11.7. The van der Waals surface area contributed by atoms with Crippen LogP contribution in [0.3, 0.4) is 0 Å². The lowest BCUT2D eigenvalue weighted by Gasteiger charge is -2.25. The minimum absolute atomic E-state index is 0.0188. The van der Waals surface area contributed by atoms with Gasteiger partial charge in [0, 0.05) is 17.8 Å². The molecule has 1 aliphatic rings. The molecule has 152 valence electrons. The van der Waals surface area contributed by atoms with Gasteiger partial charge in [-0.05, 0) is 29.3 Å². The highest BCUT2D eigenvalue weighted by Gasteiger charge is 2.42. The van der Waals surface area contributed by atoms with Gasteiger partial charge in [-0.25, -0.2) is 13.1 Å². The van der Waals surface area contributed by atoms with Crippen LogP contribution in [0.2, 0.25) is 0 Å². The number of nitrogens with zero attached hydrogens (tertiary/aromatic N) is 3. The van der Waals surface area contributed by atoms with Gasteiger partial charge in [0.1, 0.15) is 0 Å². The molecule has 2 heterocycles. The minimum Gasteiger partial charge on any atom is -0.382 e. The molecule has 1 aromatic heterocycles. The average Bonchev–Trinajstić information content (AvgIpc) is 3.28. The Morgan fingerprint density at radius 2 is 1.97 bits per heavy atom. The van der Waals surface area contributed by atoms with E-state index >= 15 is 0 Å². The lowest BCUT2D eigenvalue weighted by Crippen LogP contribution is -2.38. The van der Waals surface area contributed by atoms with Gasteiger partial charge in [0.25, 0.3) is 5.91 Å². The summed E-state index contributed by atoms with van der Waals surface area (Å²) in [6.45, 7) is 0.537. The Balaban J connectivity index is 1.86. The molecule has 1 aliphatic heterocycles. The number of benzene rings is 2. The number of nitrogens with one attached hydrogen (secondary N) is 1. The fraction of sp³-hybridized carbons (Fsp3) is 0.278. The highest BCUT2D eigenvalue weighted by molar-refractivity contribution is 7.91. The van der Waals surface area contributed by atoms with Crippen molar-refractivity contribution in [3.63, 3.8) is 0 Å². The Hall–Kier alpha value is -2.63. The lowest BCUT2D eigenvalue weighted by atomic mass is 10.1. The van der Waals surface area contributed by atoms with Gasteiger partial charge < -0.3 is 16.8 Å². The second-order valence-corrected chi connectivity index (χ2v) is 9.76. The molecule has 3 aromatic rings. The maximum Gasteiger partial charge on any atom is 0.273 e. The molecule has 4 rings (SSSR count). The summed E-state index contributed by atoms with van der Waals surface area (Å²) in [6.07, 6.45) is 0.478. The van der Waals surface area contributed by atoms with Crippen molar-refractivity contribution < 1.29 is 13.2 Å². The van der Waals surface area contributed by atoms with E-state index < -0.39 is 27.2 Å². The van der Waals surface area contributed by atoms with Crippen LogP contribution < -0.4 is 16.8 Å². The number of rotatable bonds is 5.